The predicted octanol–water partition coefficient (Wildman–Crippen LogP) is 3.71. The van der Waals surface area contributed by atoms with E-state index in [1.165, 1.54) is 38.5 Å². The van der Waals surface area contributed by atoms with Gasteiger partial charge in [0.15, 0.2) is 0 Å². The maximum atomic E-state index is 12.0. The van der Waals surface area contributed by atoms with Crippen molar-refractivity contribution < 1.29 is 4.79 Å². The van der Waals surface area contributed by atoms with E-state index in [2.05, 4.69) is 26.6 Å². The molecule has 2 aliphatic carbocycles. The highest BCUT2D eigenvalue weighted by Gasteiger charge is 2.22. The molecule has 0 radical (unpaired) electrons. The molecule has 2 atom stereocenters. The highest BCUT2D eigenvalue weighted by atomic mass is 79.9. The first kappa shape index (κ1) is 14.2. The van der Waals surface area contributed by atoms with Crippen LogP contribution in [0.4, 0.5) is 4.79 Å². The quantitative estimate of drug-likeness (QED) is 0.591. The van der Waals surface area contributed by atoms with Gasteiger partial charge < -0.3 is 10.6 Å². The van der Waals surface area contributed by atoms with Crippen molar-refractivity contribution in [1.29, 1.82) is 0 Å². The summed E-state index contributed by atoms with van der Waals surface area (Å²) < 4.78 is 0. The largest absolute Gasteiger partial charge is 0.335 e. The molecule has 2 unspecified atom stereocenters. The molecule has 2 saturated carbocycles. The van der Waals surface area contributed by atoms with Crippen molar-refractivity contribution in [3.8, 4) is 0 Å². The second-order valence-electron chi connectivity index (χ2n) is 5.77. The van der Waals surface area contributed by atoms with E-state index >= 15 is 0 Å². The molecule has 4 heteroatoms. The zero-order valence-corrected chi connectivity index (χ0v) is 12.7. The van der Waals surface area contributed by atoms with Crippen LogP contribution in [0.2, 0.25) is 0 Å². The van der Waals surface area contributed by atoms with Gasteiger partial charge in [0, 0.05) is 16.9 Å². The molecule has 0 spiro atoms. The Morgan fingerprint density at radius 2 is 1.44 bits per heavy atom. The predicted molar refractivity (Wildman–Crippen MR) is 78.1 cm³/mol. The summed E-state index contributed by atoms with van der Waals surface area (Å²) in [7, 11) is 0. The second-order valence-corrected chi connectivity index (χ2v) is 7.06. The maximum Gasteiger partial charge on any atom is 0.315 e. The number of amides is 2. The fourth-order valence-corrected chi connectivity index (χ4v) is 3.87. The molecule has 0 heterocycles. The Kier molecular flexibility index (Phi) is 5.80. The summed E-state index contributed by atoms with van der Waals surface area (Å²) in [6.45, 7) is 0. The minimum absolute atomic E-state index is 0.0495. The van der Waals surface area contributed by atoms with Crippen LogP contribution >= 0.6 is 15.9 Å². The third-order valence-corrected chi connectivity index (χ3v) is 4.97. The van der Waals surface area contributed by atoms with Gasteiger partial charge in [-0.1, -0.05) is 48.0 Å². The summed E-state index contributed by atoms with van der Waals surface area (Å²) in [6.07, 6.45) is 12.1. The van der Waals surface area contributed by atoms with Gasteiger partial charge in [-0.05, 0) is 32.1 Å². The summed E-state index contributed by atoms with van der Waals surface area (Å²) in [6, 6.07) is 0.804. The van der Waals surface area contributed by atoms with Crippen LogP contribution in [0.15, 0.2) is 0 Å². The van der Waals surface area contributed by atoms with E-state index in [1.807, 2.05) is 0 Å². The molecule has 0 aromatic rings. The number of nitrogens with one attached hydrogen (secondary N) is 2. The number of hydrogen-bond acceptors (Lipinski definition) is 1. The van der Waals surface area contributed by atoms with Crippen molar-refractivity contribution in [1.82, 2.24) is 10.6 Å². The summed E-state index contributed by atoms with van der Waals surface area (Å²) in [5.74, 6) is 0. The van der Waals surface area contributed by atoms with Crippen molar-refractivity contribution >= 4 is 22.0 Å². The molecule has 0 aromatic heterocycles. The lowest BCUT2D eigenvalue weighted by Crippen LogP contribution is -2.47. The highest BCUT2D eigenvalue weighted by Crippen LogP contribution is 2.24. The number of carbonyl (C=O) groups excluding carboxylic acids is 1. The molecule has 2 rings (SSSR count). The molecule has 0 aliphatic heterocycles. The van der Waals surface area contributed by atoms with Gasteiger partial charge in [-0.15, -0.1) is 0 Å². The molecule has 0 bridgehead atoms. The van der Waals surface area contributed by atoms with Crippen LogP contribution in [0.25, 0.3) is 0 Å². The number of carbonyl (C=O) groups is 1. The summed E-state index contributed by atoms with van der Waals surface area (Å²) in [5.41, 5.74) is 0. The first-order chi connectivity index (χ1) is 8.74. The van der Waals surface area contributed by atoms with Crippen LogP contribution in [-0.4, -0.2) is 22.9 Å². The van der Waals surface area contributed by atoms with Gasteiger partial charge >= 0.3 is 6.03 Å². The van der Waals surface area contributed by atoms with Crippen molar-refractivity contribution in [3.63, 3.8) is 0 Å². The first-order valence-corrected chi connectivity index (χ1v) is 8.36. The number of halogens is 1. The molecule has 2 N–H and O–H groups in total. The number of alkyl halides is 1. The lowest BCUT2D eigenvalue weighted by Gasteiger charge is -2.27. The number of rotatable bonds is 2. The minimum atomic E-state index is 0.0495. The zero-order chi connectivity index (χ0) is 12.8. The van der Waals surface area contributed by atoms with Crippen molar-refractivity contribution in [2.75, 3.05) is 0 Å². The number of urea groups is 1. The molecular weight excluding hydrogens is 292 g/mol. The van der Waals surface area contributed by atoms with Crippen LogP contribution in [0.3, 0.4) is 0 Å². The van der Waals surface area contributed by atoms with Gasteiger partial charge in [0.1, 0.15) is 0 Å². The van der Waals surface area contributed by atoms with Gasteiger partial charge in [0.2, 0.25) is 0 Å². The van der Waals surface area contributed by atoms with Crippen LogP contribution in [0.1, 0.15) is 64.2 Å². The topological polar surface area (TPSA) is 41.1 Å². The molecule has 2 fully saturated rings. The van der Waals surface area contributed by atoms with Gasteiger partial charge in [-0.3, -0.25) is 0 Å². The van der Waals surface area contributed by atoms with Gasteiger partial charge in [-0.2, -0.15) is 0 Å². The van der Waals surface area contributed by atoms with Gasteiger partial charge in [0.25, 0.3) is 0 Å². The Hall–Kier alpha value is -0.250. The van der Waals surface area contributed by atoms with Crippen molar-refractivity contribution in [3.05, 3.63) is 0 Å². The SMILES string of the molecule is O=C(NC1CCCCCC1)NC1CCCC(Br)C1. The molecule has 104 valence electrons. The van der Waals surface area contributed by atoms with E-state index in [1.54, 1.807) is 0 Å². The van der Waals surface area contributed by atoms with E-state index < -0.39 is 0 Å². The molecule has 2 amide bonds. The zero-order valence-electron chi connectivity index (χ0n) is 11.1. The summed E-state index contributed by atoms with van der Waals surface area (Å²) >= 11 is 3.66. The average molecular weight is 317 g/mol. The fourth-order valence-electron chi connectivity index (χ4n) is 3.10. The Balaban J connectivity index is 1.70. The first-order valence-electron chi connectivity index (χ1n) is 7.45. The van der Waals surface area contributed by atoms with E-state index in [4.69, 9.17) is 0 Å². The van der Waals surface area contributed by atoms with Crippen LogP contribution < -0.4 is 10.6 Å². The van der Waals surface area contributed by atoms with E-state index in [0.29, 0.717) is 16.9 Å². The molecule has 0 aromatic carbocycles. The summed E-state index contributed by atoms with van der Waals surface area (Å²) in [5, 5.41) is 6.29. The van der Waals surface area contributed by atoms with Crippen molar-refractivity contribution in [2.45, 2.75) is 81.1 Å². The molecule has 18 heavy (non-hydrogen) atoms. The van der Waals surface area contributed by atoms with Gasteiger partial charge in [0.05, 0.1) is 0 Å². The van der Waals surface area contributed by atoms with Crippen LogP contribution in [0.5, 0.6) is 0 Å². The Labute approximate surface area is 119 Å². The smallest absolute Gasteiger partial charge is 0.315 e. The van der Waals surface area contributed by atoms with Crippen LogP contribution in [-0.2, 0) is 0 Å². The monoisotopic (exact) mass is 316 g/mol. The lowest BCUT2D eigenvalue weighted by molar-refractivity contribution is 0.228. The maximum absolute atomic E-state index is 12.0. The third-order valence-electron chi connectivity index (χ3n) is 4.14. The lowest BCUT2D eigenvalue weighted by atomic mass is 9.95. The highest BCUT2D eigenvalue weighted by molar-refractivity contribution is 9.09. The second kappa shape index (κ2) is 7.37. The number of hydrogen-bond donors (Lipinski definition) is 2. The fraction of sp³-hybridized carbons (Fsp3) is 0.929. The van der Waals surface area contributed by atoms with E-state index in [0.717, 1.165) is 25.7 Å². The normalized spacial score (nSPS) is 30.5. The molecule has 0 saturated heterocycles. The Bertz CT molecular complexity index is 259. The summed E-state index contributed by atoms with van der Waals surface area (Å²) in [4.78, 5) is 12.5. The molecular formula is C14H25BrN2O. The average Bonchev–Trinajstić information content (AvgIpc) is 2.57. The Morgan fingerprint density at radius 1 is 0.833 bits per heavy atom. The third kappa shape index (κ3) is 4.79. The minimum Gasteiger partial charge on any atom is -0.335 e. The molecule has 2 aliphatic rings. The Morgan fingerprint density at radius 3 is 2.11 bits per heavy atom. The van der Waals surface area contributed by atoms with Crippen LogP contribution in [0, 0.1) is 0 Å². The van der Waals surface area contributed by atoms with E-state index in [-0.39, 0.29) is 6.03 Å². The van der Waals surface area contributed by atoms with Crippen molar-refractivity contribution in [2.24, 2.45) is 0 Å². The van der Waals surface area contributed by atoms with E-state index in [9.17, 15) is 4.79 Å². The molecule has 3 nitrogen and oxygen atoms in total. The van der Waals surface area contributed by atoms with Gasteiger partial charge in [-0.25, -0.2) is 4.79 Å². The standard InChI is InChI=1S/C14H25BrN2O/c15-11-6-5-9-13(10-11)17-14(18)16-12-7-3-1-2-4-8-12/h11-13H,1-10H2,(H2,16,17,18).